The Morgan fingerprint density at radius 3 is 2.16 bits per heavy atom. The van der Waals surface area contributed by atoms with Crippen LogP contribution in [-0.4, -0.2) is 18.2 Å². The number of hydrogen-bond acceptors (Lipinski definition) is 2. The summed E-state index contributed by atoms with van der Waals surface area (Å²) in [6.45, 7) is 0.597. The first-order valence-electron chi connectivity index (χ1n) is 6.26. The van der Waals surface area contributed by atoms with Gasteiger partial charge in [0, 0.05) is 18.0 Å². The van der Waals surface area contributed by atoms with Crippen LogP contribution in [0.5, 0.6) is 0 Å². The number of carbonyl (C=O) groups excluding carboxylic acids is 1. The molecule has 0 spiro atoms. The molecule has 1 atom stereocenters. The summed E-state index contributed by atoms with van der Waals surface area (Å²) in [5.41, 5.74) is 1.67. The number of rotatable bonds is 6. The maximum absolute atomic E-state index is 12.5. The van der Waals surface area contributed by atoms with Crippen molar-refractivity contribution in [3.63, 3.8) is 0 Å². The van der Waals surface area contributed by atoms with Gasteiger partial charge < -0.3 is 5.32 Å². The highest BCUT2D eigenvalue weighted by Crippen LogP contribution is 2.18. The largest absolute Gasteiger partial charge is 0.302 e. The fourth-order valence-electron chi connectivity index (χ4n) is 1.98. The lowest BCUT2D eigenvalue weighted by molar-refractivity contribution is 0.0944. The van der Waals surface area contributed by atoms with Crippen LogP contribution < -0.4 is 5.32 Å². The van der Waals surface area contributed by atoms with Crippen LogP contribution in [0.1, 0.15) is 22.0 Å². The number of carbonyl (C=O) groups is 1. The Morgan fingerprint density at radius 2 is 1.58 bits per heavy atom. The SMILES string of the molecule is O=C(c1ccccc1)[C@@H](NCCCl)c1ccccc1. The van der Waals surface area contributed by atoms with Crippen LogP contribution >= 0.6 is 11.6 Å². The third kappa shape index (κ3) is 3.66. The quantitative estimate of drug-likeness (QED) is 0.645. The van der Waals surface area contributed by atoms with Crippen molar-refractivity contribution in [2.24, 2.45) is 0 Å². The molecule has 3 heteroatoms. The molecular weight excluding hydrogens is 258 g/mol. The van der Waals surface area contributed by atoms with Crippen LogP contribution in [0, 0.1) is 0 Å². The molecular formula is C16H16ClNO. The maximum atomic E-state index is 12.5. The Labute approximate surface area is 118 Å². The molecule has 0 aromatic heterocycles. The predicted octanol–water partition coefficient (Wildman–Crippen LogP) is 3.44. The van der Waals surface area contributed by atoms with Gasteiger partial charge >= 0.3 is 0 Å². The average Bonchev–Trinajstić information content (AvgIpc) is 2.49. The molecule has 0 unspecified atom stereocenters. The van der Waals surface area contributed by atoms with E-state index in [2.05, 4.69) is 5.32 Å². The van der Waals surface area contributed by atoms with E-state index in [0.29, 0.717) is 18.0 Å². The average molecular weight is 274 g/mol. The third-order valence-electron chi connectivity index (χ3n) is 2.90. The Kier molecular flexibility index (Phi) is 5.13. The van der Waals surface area contributed by atoms with E-state index in [0.717, 1.165) is 5.56 Å². The second kappa shape index (κ2) is 7.07. The molecule has 2 aromatic rings. The van der Waals surface area contributed by atoms with E-state index in [-0.39, 0.29) is 11.8 Å². The molecule has 0 heterocycles. The molecule has 1 N–H and O–H groups in total. The smallest absolute Gasteiger partial charge is 0.184 e. The molecule has 0 aliphatic rings. The van der Waals surface area contributed by atoms with Crippen LogP contribution in [-0.2, 0) is 0 Å². The van der Waals surface area contributed by atoms with E-state index in [9.17, 15) is 4.79 Å². The summed E-state index contributed by atoms with van der Waals surface area (Å²) >= 11 is 5.71. The van der Waals surface area contributed by atoms with Crippen molar-refractivity contribution in [3.05, 3.63) is 71.8 Å². The first-order chi connectivity index (χ1) is 9.33. The normalized spacial score (nSPS) is 12.1. The molecule has 0 saturated carbocycles. The lowest BCUT2D eigenvalue weighted by Crippen LogP contribution is -2.30. The number of halogens is 1. The molecule has 2 aromatic carbocycles. The number of benzene rings is 2. The van der Waals surface area contributed by atoms with E-state index < -0.39 is 0 Å². The summed E-state index contributed by atoms with van der Waals surface area (Å²) in [6.07, 6.45) is 0. The zero-order chi connectivity index (χ0) is 13.5. The van der Waals surface area contributed by atoms with E-state index >= 15 is 0 Å². The van der Waals surface area contributed by atoms with Gasteiger partial charge in [-0.1, -0.05) is 60.7 Å². The van der Waals surface area contributed by atoms with Crippen molar-refractivity contribution in [1.29, 1.82) is 0 Å². The highest BCUT2D eigenvalue weighted by molar-refractivity contribution is 6.18. The molecule has 0 amide bonds. The topological polar surface area (TPSA) is 29.1 Å². The summed E-state index contributed by atoms with van der Waals surface area (Å²) < 4.78 is 0. The number of nitrogens with one attached hydrogen (secondary N) is 1. The lowest BCUT2D eigenvalue weighted by Gasteiger charge is -2.17. The monoisotopic (exact) mass is 273 g/mol. The van der Waals surface area contributed by atoms with Crippen LogP contribution in [0.25, 0.3) is 0 Å². The van der Waals surface area contributed by atoms with Crippen molar-refractivity contribution in [2.45, 2.75) is 6.04 Å². The molecule has 0 aliphatic heterocycles. The minimum absolute atomic E-state index is 0.0666. The highest BCUT2D eigenvalue weighted by atomic mass is 35.5. The van der Waals surface area contributed by atoms with Gasteiger partial charge in [-0.3, -0.25) is 4.79 Å². The van der Waals surface area contributed by atoms with Gasteiger partial charge in [0.2, 0.25) is 0 Å². The Balaban J connectivity index is 2.25. The van der Waals surface area contributed by atoms with Gasteiger partial charge in [-0.05, 0) is 5.56 Å². The first kappa shape index (κ1) is 13.8. The van der Waals surface area contributed by atoms with Gasteiger partial charge in [0.05, 0.1) is 6.04 Å². The number of ketones is 1. The fraction of sp³-hybridized carbons (Fsp3) is 0.188. The van der Waals surface area contributed by atoms with Gasteiger partial charge in [-0.15, -0.1) is 11.6 Å². The van der Waals surface area contributed by atoms with Crippen molar-refractivity contribution in [1.82, 2.24) is 5.32 Å². The Bertz CT molecular complexity index is 513. The third-order valence-corrected chi connectivity index (χ3v) is 3.09. The lowest BCUT2D eigenvalue weighted by atomic mass is 9.97. The zero-order valence-corrected chi connectivity index (χ0v) is 11.3. The summed E-state index contributed by atoms with van der Waals surface area (Å²) in [4.78, 5) is 12.5. The number of alkyl halides is 1. The standard InChI is InChI=1S/C16H16ClNO/c17-11-12-18-15(13-7-3-1-4-8-13)16(19)14-9-5-2-6-10-14/h1-10,15,18H,11-12H2/t15-/m0/s1. The summed E-state index contributed by atoms with van der Waals surface area (Å²) in [6, 6.07) is 18.7. The minimum atomic E-state index is -0.345. The second-order valence-electron chi connectivity index (χ2n) is 4.22. The summed E-state index contributed by atoms with van der Waals surface area (Å²) in [5.74, 6) is 0.544. The molecule has 0 aliphatic carbocycles. The predicted molar refractivity (Wildman–Crippen MR) is 78.7 cm³/mol. The molecule has 0 radical (unpaired) electrons. The van der Waals surface area contributed by atoms with Gasteiger partial charge in [0.1, 0.15) is 0 Å². The molecule has 0 fully saturated rings. The molecule has 19 heavy (non-hydrogen) atoms. The Morgan fingerprint density at radius 1 is 1.00 bits per heavy atom. The van der Waals surface area contributed by atoms with Crippen LogP contribution in [0.2, 0.25) is 0 Å². The van der Waals surface area contributed by atoms with Crippen molar-refractivity contribution >= 4 is 17.4 Å². The van der Waals surface area contributed by atoms with E-state index in [1.165, 1.54) is 0 Å². The van der Waals surface area contributed by atoms with Crippen LogP contribution in [0.4, 0.5) is 0 Å². The summed E-state index contributed by atoms with van der Waals surface area (Å²) in [5, 5.41) is 3.20. The van der Waals surface area contributed by atoms with Crippen LogP contribution in [0.15, 0.2) is 60.7 Å². The van der Waals surface area contributed by atoms with E-state index in [1.54, 1.807) is 0 Å². The highest BCUT2D eigenvalue weighted by Gasteiger charge is 2.20. The number of Topliss-reactive ketones (excluding diaryl/α,β-unsaturated/α-hetero) is 1. The first-order valence-corrected chi connectivity index (χ1v) is 6.80. The summed E-state index contributed by atoms with van der Waals surface area (Å²) in [7, 11) is 0. The molecule has 0 saturated heterocycles. The van der Waals surface area contributed by atoms with Gasteiger partial charge in [-0.25, -0.2) is 0 Å². The van der Waals surface area contributed by atoms with Gasteiger partial charge in [0.25, 0.3) is 0 Å². The van der Waals surface area contributed by atoms with E-state index in [4.69, 9.17) is 11.6 Å². The van der Waals surface area contributed by atoms with Gasteiger partial charge in [-0.2, -0.15) is 0 Å². The second-order valence-corrected chi connectivity index (χ2v) is 4.60. The van der Waals surface area contributed by atoms with Crippen LogP contribution in [0.3, 0.4) is 0 Å². The van der Waals surface area contributed by atoms with E-state index in [1.807, 2.05) is 60.7 Å². The van der Waals surface area contributed by atoms with Crippen molar-refractivity contribution in [2.75, 3.05) is 12.4 Å². The van der Waals surface area contributed by atoms with Crippen molar-refractivity contribution in [3.8, 4) is 0 Å². The van der Waals surface area contributed by atoms with Crippen molar-refractivity contribution < 1.29 is 4.79 Å². The molecule has 98 valence electrons. The zero-order valence-electron chi connectivity index (χ0n) is 10.6. The fourth-order valence-corrected chi connectivity index (χ4v) is 2.08. The molecule has 2 nitrogen and oxygen atoms in total. The van der Waals surface area contributed by atoms with Gasteiger partial charge in [0.15, 0.2) is 5.78 Å². The Hall–Kier alpha value is -1.64. The molecule has 0 bridgehead atoms. The minimum Gasteiger partial charge on any atom is -0.302 e. The number of hydrogen-bond donors (Lipinski definition) is 1. The maximum Gasteiger partial charge on any atom is 0.184 e. The molecule has 2 rings (SSSR count).